The summed E-state index contributed by atoms with van der Waals surface area (Å²) in [6.07, 6.45) is 0.455. The van der Waals surface area contributed by atoms with E-state index in [4.69, 9.17) is 14.6 Å². The highest BCUT2D eigenvalue weighted by Crippen LogP contribution is 2.32. The zero-order chi connectivity index (χ0) is 9.26. The van der Waals surface area contributed by atoms with E-state index in [0.717, 1.165) is 17.1 Å². The lowest BCUT2D eigenvalue weighted by Gasteiger charge is -2.01. The van der Waals surface area contributed by atoms with Gasteiger partial charge in [-0.05, 0) is 17.7 Å². The molecule has 0 bridgehead atoms. The largest absolute Gasteiger partial charge is 0.513 e. The second-order valence-corrected chi connectivity index (χ2v) is 2.93. The van der Waals surface area contributed by atoms with E-state index in [1.807, 2.05) is 18.2 Å². The number of fused-ring (bicyclic) bond motifs is 1. The first-order valence-electron chi connectivity index (χ1n) is 4.01. The SMILES string of the molecule is C=C(O)Cc1ccc2c(c1)OCO2. The molecule has 0 unspecified atom stereocenters. The van der Waals surface area contributed by atoms with Gasteiger partial charge in [-0.25, -0.2) is 0 Å². The average molecular weight is 178 g/mol. The minimum Gasteiger partial charge on any atom is -0.513 e. The fourth-order valence-corrected chi connectivity index (χ4v) is 1.29. The molecule has 13 heavy (non-hydrogen) atoms. The first kappa shape index (κ1) is 7.98. The summed E-state index contributed by atoms with van der Waals surface area (Å²) < 4.78 is 10.3. The van der Waals surface area contributed by atoms with E-state index in [2.05, 4.69) is 6.58 Å². The van der Waals surface area contributed by atoms with Gasteiger partial charge in [0.2, 0.25) is 6.79 Å². The van der Waals surface area contributed by atoms with E-state index < -0.39 is 0 Å². The van der Waals surface area contributed by atoms with Crippen LogP contribution in [-0.2, 0) is 6.42 Å². The molecule has 1 N–H and O–H groups in total. The Morgan fingerprint density at radius 3 is 2.92 bits per heavy atom. The number of ether oxygens (including phenoxy) is 2. The molecule has 1 aromatic rings. The second-order valence-electron chi connectivity index (χ2n) is 2.93. The van der Waals surface area contributed by atoms with Gasteiger partial charge in [0.15, 0.2) is 11.5 Å². The number of hydrogen-bond acceptors (Lipinski definition) is 3. The Morgan fingerprint density at radius 1 is 1.38 bits per heavy atom. The molecule has 0 saturated heterocycles. The third-order valence-corrected chi connectivity index (χ3v) is 1.85. The molecule has 0 radical (unpaired) electrons. The number of rotatable bonds is 2. The number of hydrogen-bond donors (Lipinski definition) is 1. The minimum atomic E-state index is 0.152. The molecule has 1 aliphatic rings. The lowest BCUT2D eigenvalue weighted by Crippen LogP contribution is -1.93. The van der Waals surface area contributed by atoms with Gasteiger partial charge >= 0.3 is 0 Å². The molecular formula is C10H10O3. The van der Waals surface area contributed by atoms with Crippen molar-refractivity contribution in [1.82, 2.24) is 0 Å². The highest BCUT2D eigenvalue weighted by molar-refractivity contribution is 5.44. The van der Waals surface area contributed by atoms with Crippen LogP contribution in [0, 0.1) is 0 Å². The molecule has 2 rings (SSSR count). The van der Waals surface area contributed by atoms with Crippen LogP contribution < -0.4 is 9.47 Å². The summed E-state index contributed by atoms with van der Waals surface area (Å²) in [5.41, 5.74) is 0.969. The summed E-state index contributed by atoms with van der Waals surface area (Å²) in [6, 6.07) is 5.57. The van der Waals surface area contributed by atoms with E-state index in [1.165, 1.54) is 0 Å². The molecule has 1 heterocycles. The molecule has 0 spiro atoms. The van der Waals surface area contributed by atoms with Crippen molar-refractivity contribution in [3.05, 3.63) is 36.1 Å². The molecule has 0 aliphatic carbocycles. The standard InChI is InChI=1S/C10H10O3/c1-7(11)4-8-2-3-9-10(5-8)13-6-12-9/h2-3,5,11H,1,4,6H2. The predicted octanol–water partition coefficient (Wildman–Crippen LogP) is 2.03. The maximum absolute atomic E-state index is 8.99. The molecule has 0 aromatic heterocycles. The third kappa shape index (κ3) is 1.59. The Balaban J connectivity index is 2.25. The Morgan fingerprint density at radius 2 is 2.15 bits per heavy atom. The van der Waals surface area contributed by atoms with Crippen molar-refractivity contribution in [3.63, 3.8) is 0 Å². The fraction of sp³-hybridized carbons (Fsp3) is 0.200. The van der Waals surface area contributed by atoms with Crippen LogP contribution in [0.2, 0.25) is 0 Å². The fourth-order valence-electron chi connectivity index (χ4n) is 1.29. The van der Waals surface area contributed by atoms with Gasteiger partial charge in [0, 0.05) is 6.42 Å². The summed E-state index contributed by atoms with van der Waals surface area (Å²) >= 11 is 0. The van der Waals surface area contributed by atoms with Gasteiger partial charge < -0.3 is 14.6 Å². The van der Waals surface area contributed by atoms with E-state index in [0.29, 0.717) is 6.42 Å². The topological polar surface area (TPSA) is 38.7 Å². The van der Waals surface area contributed by atoms with Crippen LogP contribution in [-0.4, -0.2) is 11.9 Å². The number of allylic oxidation sites excluding steroid dienone is 1. The Kier molecular flexibility index (Phi) is 1.85. The van der Waals surface area contributed by atoms with Gasteiger partial charge in [0.05, 0.1) is 5.76 Å². The van der Waals surface area contributed by atoms with Crippen LogP contribution in [0.5, 0.6) is 11.5 Å². The molecule has 0 saturated carbocycles. The Labute approximate surface area is 76.2 Å². The van der Waals surface area contributed by atoms with Crippen LogP contribution in [0.15, 0.2) is 30.5 Å². The van der Waals surface area contributed by atoms with E-state index in [1.54, 1.807) is 0 Å². The molecular weight excluding hydrogens is 168 g/mol. The molecule has 3 nitrogen and oxygen atoms in total. The van der Waals surface area contributed by atoms with E-state index in [-0.39, 0.29) is 12.6 Å². The van der Waals surface area contributed by atoms with Crippen LogP contribution >= 0.6 is 0 Å². The number of aliphatic hydroxyl groups excluding tert-OH is 1. The van der Waals surface area contributed by atoms with Crippen molar-refractivity contribution in [2.24, 2.45) is 0 Å². The van der Waals surface area contributed by atoms with E-state index in [9.17, 15) is 0 Å². The highest BCUT2D eigenvalue weighted by atomic mass is 16.7. The summed E-state index contributed by atoms with van der Waals surface area (Å²) in [6.45, 7) is 3.70. The lowest BCUT2D eigenvalue weighted by atomic mass is 10.1. The second kappa shape index (κ2) is 3.01. The van der Waals surface area contributed by atoms with Crippen molar-refractivity contribution < 1.29 is 14.6 Å². The summed E-state index contributed by atoms with van der Waals surface area (Å²) in [5, 5.41) is 8.99. The lowest BCUT2D eigenvalue weighted by molar-refractivity contribution is 0.174. The minimum absolute atomic E-state index is 0.152. The van der Waals surface area contributed by atoms with Crippen molar-refractivity contribution in [2.45, 2.75) is 6.42 Å². The van der Waals surface area contributed by atoms with Crippen LogP contribution in [0.3, 0.4) is 0 Å². The molecule has 0 atom stereocenters. The van der Waals surface area contributed by atoms with Gasteiger partial charge in [-0.1, -0.05) is 12.6 Å². The zero-order valence-corrected chi connectivity index (χ0v) is 7.12. The first-order valence-corrected chi connectivity index (χ1v) is 4.01. The van der Waals surface area contributed by atoms with Crippen molar-refractivity contribution in [2.75, 3.05) is 6.79 Å². The molecule has 1 aromatic carbocycles. The van der Waals surface area contributed by atoms with Gasteiger partial charge in [0.25, 0.3) is 0 Å². The summed E-state index contributed by atoms with van der Waals surface area (Å²) in [7, 11) is 0. The van der Waals surface area contributed by atoms with Crippen molar-refractivity contribution in [3.8, 4) is 11.5 Å². The monoisotopic (exact) mass is 178 g/mol. The van der Waals surface area contributed by atoms with E-state index >= 15 is 0 Å². The molecule has 1 aliphatic heterocycles. The molecule has 0 fully saturated rings. The number of aliphatic hydroxyl groups is 1. The van der Waals surface area contributed by atoms with Crippen molar-refractivity contribution >= 4 is 0 Å². The molecule has 0 amide bonds. The quantitative estimate of drug-likeness (QED) is 0.704. The first-order chi connectivity index (χ1) is 6.25. The van der Waals surface area contributed by atoms with Gasteiger partial charge in [-0.15, -0.1) is 0 Å². The normalized spacial score (nSPS) is 12.9. The van der Waals surface area contributed by atoms with Crippen molar-refractivity contribution in [1.29, 1.82) is 0 Å². The van der Waals surface area contributed by atoms with Gasteiger partial charge in [-0.3, -0.25) is 0 Å². The van der Waals surface area contributed by atoms with Gasteiger partial charge in [-0.2, -0.15) is 0 Å². The Hall–Kier alpha value is -1.64. The number of benzene rings is 1. The Bertz CT molecular complexity index is 344. The molecule has 3 heteroatoms. The smallest absolute Gasteiger partial charge is 0.231 e. The van der Waals surface area contributed by atoms with Crippen LogP contribution in [0.4, 0.5) is 0 Å². The van der Waals surface area contributed by atoms with Crippen LogP contribution in [0.25, 0.3) is 0 Å². The maximum atomic E-state index is 8.99. The maximum Gasteiger partial charge on any atom is 0.231 e. The highest BCUT2D eigenvalue weighted by Gasteiger charge is 2.12. The van der Waals surface area contributed by atoms with Crippen LogP contribution in [0.1, 0.15) is 5.56 Å². The third-order valence-electron chi connectivity index (χ3n) is 1.85. The molecule has 68 valence electrons. The average Bonchev–Trinajstić information content (AvgIpc) is 2.49. The summed E-state index contributed by atoms with van der Waals surface area (Å²) in [4.78, 5) is 0. The van der Waals surface area contributed by atoms with Gasteiger partial charge in [0.1, 0.15) is 0 Å². The summed E-state index contributed by atoms with van der Waals surface area (Å²) in [5.74, 6) is 1.64. The zero-order valence-electron chi connectivity index (χ0n) is 7.12. The predicted molar refractivity (Wildman–Crippen MR) is 48.0 cm³/mol.